The molecule has 0 N–H and O–H groups in total. The monoisotopic (exact) mass is 383 g/mol. The van der Waals surface area contributed by atoms with Gasteiger partial charge in [0.15, 0.2) is 0 Å². The Hall–Kier alpha value is -1.89. The van der Waals surface area contributed by atoms with Crippen molar-refractivity contribution in [2.75, 3.05) is 32.9 Å². The van der Waals surface area contributed by atoms with Crippen molar-refractivity contribution in [3.05, 3.63) is 12.2 Å². The predicted octanol–water partition coefficient (Wildman–Crippen LogP) is 2.63. The summed E-state index contributed by atoms with van der Waals surface area (Å²) in [5.41, 5.74) is 0.0459. The summed E-state index contributed by atoms with van der Waals surface area (Å²) < 4.78 is 15.7. The molecule has 1 fully saturated rings. The van der Waals surface area contributed by atoms with Crippen molar-refractivity contribution >= 4 is 17.8 Å². The Morgan fingerprint density at radius 3 is 2.44 bits per heavy atom. The highest BCUT2D eigenvalue weighted by molar-refractivity contribution is 5.93. The maximum atomic E-state index is 12.0. The Morgan fingerprint density at radius 1 is 1.11 bits per heavy atom. The third-order valence-electron chi connectivity index (χ3n) is 4.35. The first kappa shape index (κ1) is 23.1. The minimum absolute atomic E-state index is 0.0297. The second-order valence-electron chi connectivity index (χ2n) is 6.70. The van der Waals surface area contributed by atoms with Crippen LogP contribution in [0.15, 0.2) is 12.2 Å². The van der Waals surface area contributed by atoms with Gasteiger partial charge in [0.05, 0.1) is 26.1 Å². The number of esters is 2. The smallest absolute Gasteiger partial charge is 0.334 e. The van der Waals surface area contributed by atoms with Crippen LogP contribution in [0.2, 0.25) is 0 Å². The number of unbranched alkanes of at least 4 members (excludes halogenated alkanes) is 1. The van der Waals surface area contributed by atoms with Gasteiger partial charge in [-0.25, -0.2) is 4.79 Å². The normalized spacial score (nSPS) is 15.1. The lowest BCUT2D eigenvalue weighted by Crippen LogP contribution is -2.41. The van der Waals surface area contributed by atoms with Gasteiger partial charge in [0.2, 0.25) is 5.91 Å². The summed E-state index contributed by atoms with van der Waals surface area (Å²) in [5.74, 6) is -1.20. The Labute approximate surface area is 162 Å². The molecule has 0 spiro atoms. The number of ether oxygens (including phenoxy) is 3. The van der Waals surface area contributed by atoms with Crippen molar-refractivity contribution in [2.24, 2.45) is 0 Å². The first-order valence-electron chi connectivity index (χ1n) is 9.87. The summed E-state index contributed by atoms with van der Waals surface area (Å²) in [7, 11) is 0. The van der Waals surface area contributed by atoms with Crippen LogP contribution < -0.4 is 0 Å². The molecular weight excluding hydrogens is 350 g/mol. The molecule has 0 aromatic rings. The largest absolute Gasteiger partial charge is 0.462 e. The van der Waals surface area contributed by atoms with E-state index in [9.17, 15) is 14.4 Å². The number of carbonyl (C=O) groups is 3. The van der Waals surface area contributed by atoms with Crippen molar-refractivity contribution < 1.29 is 28.6 Å². The molecule has 1 aliphatic heterocycles. The van der Waals surface area contributed by atoms with Crippen molar-refractivity contribution in [1.82, 2.24) is 4.90 Å². The molecule has 0 aromatic carbocycles. The zero-order valence-electron chi connectivity index (χ0n) is 16.7. The van der Waals surface area contributed by atoms with E-state index in [1.807, 2.05) is 6.92 Å². The van der Waals surface area contributed by atoms with E-state index in [1.165, 1.54) is 0 Å². The lowest BCUT2D eigenvalue weighted by atomic mass is 10.1. The van der Waals surface area contributed by atoms with Crippen molar-refractivity contribution in [1.29, 1.82) is 0 Å². The van der Waals surface area contributed by atoms with Gasteiger partial charge in [-0.05, 0) is 12.8 Å². The maximum absolute atomic E-state index is 12.0. The van der Waals surface area contributed by atoms with Gasteiger partial charge < -0.3 is 19.1 Å². The highest BCUT2D eigenvalue weighted by Crippen LogP contribution is 2.14. The second kappa shape index (κ2) is 13.3. The van der Waals surface area contributed by atoms with Gasteiger partial charge in [0, 0.05) is 18.7 Å². The van der Waals surface area contributed by atoms with Crippen LogP contribution in [0.4, 0.5) is 0 Å². The molecule has 154 valence electrons. The number of rotatable bonds is 12. The van der Waals surface area contributed by atoms with Gasteiger partial charge in [-0.3, -0.25) is 9.59 Å². The van der Waals surface area contributed by atoms with E-state index in [0.717, 1.165) is 32.1 Å². The van der Waals surface area contributed by atoms with Crippen LogP contribution in [0.1, 0.15) is 58.8 Å². The molecule has 0 aromatic heterocycles. The van der Waals surface area contributed by atoms with E-state index in [0.29, 0.717) is 26.3 Å². The van der Waals surface area contributed by atoms with Crippen LogP contribution in [0, 0.1) is 0 Å². The Bertz CT molecular complexity index is 499. The number of morpholine rings is 1. The molecule has 27 heavy (non-hydrogen) atoms. The van der Waals surface area contributed by atoms with Gasteiger partial charge in [0.25, 0.3) is 0 Å². The topological polar surface area (TPSA) is 82.1 Å². The van der Waals surface area contributed by atoms with E-state index < -0.39 is 11.9 Å². The van der Waals surface area contributed by atoms with Crippen LogP contribution in [-0.4, -0.2) is 61.8 Å². The molecular formula is C20H33NO6. The molecule has 1 atom stereocenters. The summed E-state index contributed by atoms with van der Waals surface area (Å²) in [4.78, 5) is 37.6. The minimum atomic E-state index is -0.665. The lowest BCUT2D eigenvalue weighted by molar-refractivity contribution is -0.151. The summed E-state index contributed by atoms with van der Waals surface area (Å²) in [6, 6.07) is 0. The molecule has 0 aliphatic carbocycles. The Balaban J connectivity index is 2.28. The van der Waals surface area contributed by atoms with Crippen molar-refractivity contribution in [2.45, 2.75) is 64.9 Å². The molecule has 1 heterocycles. The van der Waals surface area contributed by atoms with Gasteiger partial charge in [0.1, 0.15) is 12.7 Å². The molecule has 1 aliphatic rings. The van der Waals surface area contributed by atoms with Crippen LogP contribution in [-0.2, 0) is 28.6 Å². The van der Waals surface area contributed by atoms with Crippen LogP contribution >= 0.6 is 0 Å². The van der Waals surface area contributed by atoms with Crippen molar-refractivity contribution in [3.8, 4) is 0 Å². The van der Waals surface area contributed by atoms with Crippen LogP contribution in [0.5, 0.6) is 0 Å². The fraction of sp³-hybridized carbons (Fsp3) is 0.750. The van der Waals surface area contributed by atoms with E-state index in [1.54, 1.807) is 4.90 Å². The summed E-state index contributed by atoms with van der Waals surface area (Å²) >= 11 is 0. The highest BCUT2D eigenvalue weighted by atomic mass is 16.5. The van der Waals surface area contributed by atoms with E-state index in [2.05, 4.69) is 13.5 Å². The average Bonchev–Trinajstić information content (AvgIpc) is 2.66. The molecule has 0 saturated carbocycles. The third-order valence-corrected chi connectivity index (χ3v) is 4.35. The van der Waals surface area contributed by atoms with Crippen molar-refractivity contribution in [3.63, 3.8) is 0 Å². The minimum Gasteiger partial charge on any atom is -0.462 e. The van der Waals surface area contributed by atoms with E-state index in [-0.39, 0.29) is 37.0 Å². The molecule has 0 radical (unpaired) electrons. The van der Waals surface area contributed by atoms with Gasteiger partial charge in [-0.15, -0.1) is 0 Å². The number of nitrogens with zero attached hydrogens (tertiary/aromatic N) is 1. The summed E-state index contributed by atoms with van der Waals surface area (Å²) in [6.07, 6.45) is 4.42. The molecule has 0 bridgehead atoms. The van der Waals surface area contributed by atoms with Crippen LogP contribution in [0.3, 0.4) is 0 Å². The van der Waals surface area contributed by atoms with Gasteiger partial charge in [-0.2, -0.15) is 0 Å². The molecule has 1 rings (SSSR count). The predicted molar refractivity (Wildman–Crippen MR) is 101 cm³/mol. The van der Waals surface area contributed by atoms with E-state index in [4.69, 9.17) is 14.2 Å². The Kier molecular flexibility index (Phi) is 11.4. The number of carbonyl (C=O) groups excluding carboxylic acids is 3. The standard InChI is InChI=1S/C20H33NO6/c1-4-6-8-17(7-5-2)27-19(23)15-16(3)20(24)26-12-9-18(22)21-10-13-25-14-11-21/h17H,3-15H2,1-2H3. The van der Waals surface area contributed by atoms with E-state index >= 15 is 0 Å². The summed E-state index contributed by atoms with van der Waals surface area (Å²) in [6.45, 7) is 9.89. The van der Waals surface area contributed by atoms with Gasteiger partial charge >= 0.3 is 11.9 Å². The fourth-order valence-corrected chi connectivity index (χ4v) is 2.79. The van der Waals surface area contributed by atoms with Gasteiger partial charge in [-0.1, -0.05) is 39.7 Å². The molecule has 1 saturated heterocycles. The lowest BCUT2D eigenvalue weighted by Gasteiger charge is -2.26. The fourth-order valence-electron chi connectivity index (χ4n) is 2.79. The number of amides is 1. The first-order valence-corrected chi connectivity index (χ1v) is 9.87. The first-order chi connectivity index (χ1) is 13.0. The summed E-state index contributed by atoms with van der Waals surface area (Å²) in [5, 5.41) is 0. The van der Waals surface area contributed by atoms with Crippen LogP contribution in [0.25, 0.3) is 0 Å². The number of hydrogen-bond acceptors (Lipinski definition) is 6. The highest BCUT2D eigenvalue weighted by Gasteiger charge is 2.20. The SMILES string of the molecule is C=C(CC(=O)OC(CCC)CCCC)C(=O)OCCC(=O)N1CCOCC1. The molecule has 7 heteroatoms. The zero-order valence-corrected chi connectivity index (χ0v) is 16.7. The number of hydrogen-bond donors (Lipinski definition) is 0. The average molecular weight is 383 g/mol. The molecule has 1 unspecified atom stereocenters. The Morgan fingerprint density at radius 2 is 1.81 bits per heavy atom. The molecule has 1 amide bonds. The molecule has 7 nitrogen and oxygen atoms in total. The zero-order chi connectivity index (χ0) is 20.1. The maximum Gasteiger partial charge on any atom is 0.334 e. The second-order valence-corrected chi connectivity index (χ2v) is 6.70. The quantitative estimate of drug-likeness (QED) is 0.381. The third kappa shape index (κ3) is 9.56.